The summed E-state index contributed by atoms with van der Waals surface area (Å²) >= 11 is 0. The van der Waals surface area contributed by atoms with Crippen LogP contribution in [0.3, 0.4) is 0 Å². The van der Waals surface area contributed by atoms with E-state index in [1.807, 2.05) is 34.8 Å². The van der Waals surface area contributed by atoms with Gasteiger partial charge in [0.15, 0.2) is 0 Å². The van der Waals surface area contributed by atoms with E-state index in [0.29, 0.717) is 11.5 Å². The second-order valence-electron chi connectivity index (χ2n) is 5.69. The van der Waals surface area contributed by atoms with Crippen molar-refractivity contribution in [2.24, 2.45) is 5.92 Å². The topological polar surface area (TPSA) is 63.1 Å². The Morgan fingerprint density at radius 2 is 2.36 bits per heavy atom. The number of piperidine rings is 1. The summed E-state index contributed by atoms with van der Waals surface area (Å²) in [5, 5.41) is 3.20. The third-order valence-corrected chi connectivity index (χ3v) is 4.06. The molecule has 22 heavy (non-hydrogen) atoms. The molecule has 6 nitrogen and oxygen atoms in total. The molecule has 1 amide bonds. The van der Waals surface area contributed by atoms with Crippen LogP contribution in [0, 0.1) is 5.92 Å². The molecule has 3 rings (SSSR count). The average molecular weight is 299 g/mol. The zero-order valence-electron chi connectivity index (χ0n) is 12.8. The fourth-order valence-corrected chi connectivity index (χ4v) is 2.95. The number of nitrogens with one attached hydrogen (secondary N) is 1. The lowest BCUT2D eigenvalue weighted by Gasteiger charge is -2.32. The second kappa shape index (κ2) is 6.70. The van der Waals surface area contributed by atoms with Crippen molar-refractivity contribution in [3.05, 3.63) is 42.6 Å². The summed E-state index contributed by atoms with van der Waals surface area (Å²) in [6.07, 6.45) is 9.13. The molecule has 0 aromatic carbocycles. The fourth-order valence-electron chi connectivity index (χ4n) is 2.95. The zero-order chi connectivity index (χ0) is 15.4. The molecule has 1 unspecified atom stereocenters. The molecule has 1 fully saturated rings. The van der Waals surface area contributed by atoms with Crippen molar-refractivity contribution in [2.75, 3.05) is 26.7 Å². The predicted octanol–water partition coefficient (Wildman–Crippen LogP) is 1.34. The van der Waals surface area contributed by atoms with Crippen molar-refractivity contribution in [3.8, 4) is 5.82 Å². The van der Waals surface area contributed by atoms with E-state index in [0.717, 1.165) is 31.9 Å². The van der Waals surface area contributed by atoms with Crippen LogP contribution in [0.15, 0.2) is 37.1 Å². The first kappa shape index (κ1) is 14.7. The van der Waals surface area contributed by atoms with E-state index in [1.165, 1.54) is 6.42 Å². The third-order valence-electron chi connectivity index (χ3n) is 4.06. The van der Waals surface area contributed by atoms with E-state index in [1.54, 1.807) is 18.7 Å². The van der Waals surface area contributed by atoms with Gasteiger partial charge in [-0.1, -0.05) is 0 Å². The van der Waals surface area contributed by atoms with Crippen LogP contribution in [-0.4, -0.2) is 52.0 Å². The van der Waals surface area contributed by atoms with E-state index >= 15 is 0 Å². The Hall–Kier alpha value is -2.21. The summed E-state index contributed by atoms with van der Waals surface area (Å²) in [6, 6.07) is 3.69. The number of carbonyl (C=O) groups excluding carboxylic acids is 1. The molecule has 0 radical (unpaired) electrons. The van der Waals surface area contributed by atoms with Crippen LogP contribution in [0.2, 0.25) is 0 Å². The third kappa shape index (κ3) is 3.17. The van der Waals surface area contributed by atoms with E-state index in [2.05, 4.69) is 15.3 Å². The van der Waals surface area contributed by atoms with Crippen molar-refractivity contribution >= 4 is 5.91 Å². The van der Waals surface area contributed by atoms with Crippen molar-refractivity contribution < 1.29 is 4.79 Å². The lowest BCUT2D eigenvalue weighted by atomic mass is 9.97. The molecule has 1 atom stereocenters. The summed E-state index contributed by atoms with van der Waals surface area (Å²) in [4.78, 5) is 22.9. The molecule has 0 aliphatic carbocycles. The Kier molecular flexibility index (Phi) is 4.48. The minimum atomic E-state index is 0.0745. The smallest absolute Gasteiger partial charge is 0.255 e. The van der Waals surface area contributed by atoms with Gasteiger partial charge in [0.1, 0.15) is 12.1 Å². The number of hydrogen-bond donors (Lipinski definition) is 1. The summed E-state index contributed by atoms with van der Waals surface area (Å²) in [7, 11) is 1.96. The molecule has 0 saturated carbocycles. The number of aromatic nitrogens is 3. The van der Waals surface area contributed by atoms with E-state index in [-0.39, 0.29) is 5.91 Å². The Morgan fingerprint density at radius 3 is 3.05 bits per heavy atom. The van der Waals surface area contributed by atoms with Gasteiger partial charge in [-0.25, -0.2) is 9.97 Å². The van der Waals surface area contributed by atoms with E-state index in [4.69, 9.17) is 0 Å². The fraction of sp³-hybridized carbons (Fsp3) is 0.438. The standard InChI is InChI=1S/C16H21N5O/c1-17-9-13-3-2-7-20(11-13)16(22)14-4-5-15(19-10-14)21-8-6-18-12-21/h4-6,8,10,12-13,17H,2-3,7,9,11H2,1H3. The number of nitrogens with zero attached hydrogens (tertiary/aromatic N) is 4. The molecular formula is C16H21N5O. The molecule has 0 spiro atoms. The molecule has 0 bridgehead atoms. The number of carbonyl (C=O) groups is 1. The van der Waals surface area contributed by atoms with Gasteiger partial charge >= 0.3 is 0 Å². The first-order valence-corrected chi connectivity index (χ1v) is 7.66. The van der Waals surface area contributed by atoms with Gasteiger partial charge in [0.2, 0.25) is 0 Å². The van der Waals surface area contributed by atoms with Crippen molar-refractivity contribution in [3.63, 3.8) is 0 Å². The predicted molar refractivity (Wildman–Crippen MR) is 83.9 cm³/mol. The molecular weight excluding hydrogens is 278 g/mol. The van der Waals surface area contributed by atoms with Crippen LogP contribution in [0.25, 0.3) is 5.82 Å². The second-order valence-corrected chi connectivity index (χ2v) is 5.69. The number of rotatable bonds is 4. The van der Waals surface area contributed by atoms with Crippen LogP contribution in [-0.2, 0) is 0 Å². The van der Waals surface area contributed by atoms with E-state index in [9.17, 15) is 4.79 Å². The summed E-state index contributed by atoms with van der Waals surface area (Å²) in [5.41, 5.74) is 0.647. The number of amides is 1. The zero-order valence-corrected chi connectivity index (χ0v) is 12.8. The minimum absolute atomic E-state index is 0.0745. The highest BCUT2D eigenvalue weighted by atomic mass is 16.2. The monoisotopic (exact) mass is 299 g/mol. The summed E-state index contributed by atoms with van der Waals surface area (Å²) < 4.78 is 1.82. The van der Waals surface area contributed by atoms with Gasteiger partial charge in [-0.2, -0.15) is 0 Å². The molecule has 1 aliphatic rings. The van der Waals surface area contributed by atoms with Gasteiger partial charge in [-0.15, -0.1) is 0 Å². The number of hydrogen-bond acceptors (Lipinski definition) is 4. The maximum Gasteiger partial charge on any atom is 0.255 e. The van der Waals surface area contributed by atoms with Gasteiger partial charge in [0.05, 0.1) is 5.56 Å². The lowest BCUT2D eigenvalue weighted by molar-refractivity contribution is 0.0674. The summed E-state index contributed by atoms with van der Waals surface area (Å²) in [6.45, 7) is 2.62. The number of pyridine rings is 1. The van der Waals surface area contributed by atoms with Crippen LogP contribution in [0.5, 0.6) is 0 Å². The van der Waals surface area contributed by atoms with E-state index < -0.39 is 0 Å². The van der Waals surface area contributed by atoms with Crippen LogP contribution in [0.4, 0.5) is 0 Å². The Balaban J connectivity index is 1.69. The molecule has 3 heterocycles. The number of likely N-dealkylation sites (tertiary alicyclic amines) is 1. The molecule has 1 saturated heterocycles. The Morgan fingerprint density at radius 1 is 1.45 bits per heavy atom. The largest absolute Gasteiger partial charge is 0.338 e. The molecule has 1 N–H and O–H groups in total. The van der Waals surface area contributed by atoms with Crippen molar-refractivity contribution in [1.29, 1.82) is 0 Å². The first-order chi connectivity index (χ1) is 10.8. The molecule has 2 aromatic rings. The summed E-state index contributed by atoms with van der Waals surface area (Å²) in [5.74, 6) is 1.38. The van der Waals surface area contributed by atoms with Gasteiger partial charge in [0.25, 0.3) is 5.91 Å². The molecule has 1 aliphatic heterocycles. The Bertz CT molecular complexity index is 606. The molecule has 6 heteroatoms. The van der Waals surface area contributed by atoms with Crippen molar-refractivity contribution in [2.45, 2.75) is 12.8 Å². The highest BCUT2D eigenvalue weighted by Crippen LogP contribution is 2.18. The number of imidazole rings is 1. The molecule has 116 valence electrons. The van der Waals surface area contributed by atoms with Gasteiger partial charge in [-0.3, -0.25) is 9.36 Å². The van der Waals surface area contributed by atoms with Crippen LogP contribution < -0.4 is 5.32 Å². The first-order valence-electron chi connectivity index (χ1n) is 7.66. The van der Waals surface area contributed by atoms with Gasteiger partial charge < -0.3 is 10.2 Å². The van der Waals surface area contributed by atoms with Crippen LogP contribution in [0.1, 0.15) is 23.2 Å². The normalized spacial score (nSPS) is 18.4. The van der Waals surface area contributed by atoms with Gasteiger partial charge in [-0.05, 0) is 44.5 Å². The van der Waals surface area contributed by atoms with Crippen molar-refractivity contribution in [1.82, 2.24) is 24.8 Å². The highest BCUT2D eigenvalue weighted by molar-refractivity contribution is 5.94. The maximum atomic E-state index is 12.6. The Labute approximate surface area is 130 Å². The SMILES string of the molecule is CNCC1CCCN(C(=O)c2ccc(-n3ccnc3)nc2)C1. The quantitative estimate of drug-likeness (QED) is 0.925. The lowest BCUT2D eigenvalue weighted by Crippen LogP contribution is -2.42. The van der Waals surface area contributed by atoms with Gasteiger partial charge in [0, 0.05) is 31.7 Å². The average Bonchev–Trinajstić information content (AvgIpc) is 3.09. The van der Waals surface area contributed by atoms with Crippen LogP contribution >= 0.6 is 0 Å². The molecule has 2 aromatic heterocycles. The maximum absolute atomic E-state index is 12.6. The highest BCUT2D eigenvalue weighted by Gasteiger charge is 2.24. The minimum Gasteiger partial charge on any atom is -0.338 e.